The Labute approximate surface area is 156 Å². The van der Waals surface area contributed by atoms with Crippen LogP contribution in [0.25, 0.3) is 0 Å². The minimum Gasteiger partial charge on any atom is -0.493 e. The van der Waals surface area contributed by atoms with Gasteiger partial charge in [0.2, 0.25) is 0 Å². The Morgan fingerprint density at radius 2 is 1.74 bits per heavy atom. The number of carbonyl (C=O) groups excluding carboxylic acids is 1. The molecule has 2 aromatic heterocycles. The van der Waals surface area contributed by atoms with E-state index in [4.69, 9.17) is 23.6 Å². The Hall–Kier alpha value is -3.66. The van der Waals surface area contributed by atoms with Crippen LogP contribution in [0, 0.1) is 11.3 Å². The molecule has 7 heteroatoms. The predicted octanol–water partition coefficient (Wildman–Crippen LogP) is 3.36. The number of carbonyl (C=O) groups is 1. The van der Waals surface area contributed by atoms with Gasteiger partial charge in [0.15, 0.2) is 18.1 Å². The second kappa shape index (κ2) is 8.63. The number of benzene rings is 1. The van der Waals surface area contributed by atoms with Crippen LogP contribution in [0.5, 0.6) is 11.5 Å². The van der Waals surface area contributed by atoms with E-state index in [1.165, 1.54) is 7.11 Å². The predicted molar refractivity (Wildman–Crippen MR) is 94.9 cm³/mol. The monoisotopic (exact) mass is 366 g/mol. The number of ether oxygens (including phenoxy) is 2. The lowest BCUT2D eigenvalue weighted by atomic mass is 10.2. The summed E-state index contributed by atoms with van der Waals surface area (Å²) in [6.45, 7) is 0.393. The molecule has 0 N–H and O–H groups in total. The van der Waals surface area contributed by atoms with E-state index in [1.54, 1.807) is 59.9 Å². The Morgan fingerprint density at radius 1 is 1.07 bits per heavy atom. The number of hydrogen-bond acceptors (Lipinski definition) is 6. The third kappa shape index (κ3) is 4.70. The molecule has 1 aromatic carbocycles. The Balaban J connectivity index is 1.69. The average Bonchev–Trinajstić information content (AvgIpc) is 3.39. The Bertz CT molecular complexity index is 874. The molecule has 0 aliphatic carbocycles. The molecule has 0 spiro atoms. The molecule has 0 fully saturated rings. The van der Waals surface area contributed by atoms with Crippen LogP contribution in [0.15, 0.2) is 63.8 Å². The number of methoxy groups -OCH3 is 1. The molecule has 2 heterocycles. The van der Waals surface area contributed by atoms with E-state index in [2.05, 4.69) is 0 Å². The van der Waals surface area contributed by atoms with Crippen LogP contribution >= 0.6 is 0 Å². The molecule has 0 atom stereocenters. The number of hydrogen-bond donors (Lipinski definition) is 0. The number of furan rings is 2. The first kappa shape index (κ1) is 18.1. The lowest BCUT2D eigenvalue weighted by molar-refractivity contribution is -0.135. The van der Waals surface area contributed by atoms with Gasteiger partial charge in [-0.3, -0.25) is 4.79 Å². The summed E-state index contributed by atoms with van der Waals surface area (Å²) in [6.07, 6.45) is 3.12. The summed E-state index contributed by atoms with van der Waals surface area (Å²) in [5.41, 5.74) is 0.447. The van der Waals surface area contributed by atoms with E-state index in [-0.39, 0.29) is 12.5 Å². The van der Waals surface area contributed by atoms with Gasteiger partial charge in [-0.15, -0.1) is 0 Å². The van der Waals surface area contributed by atoms with Gasteiger partial charge >= 0.3 is 0 Å². The Kier molecular flexibility index (Phi) is 5.80. The smallest absolute Gasteiger partial charge is 0.261 e. The lowest BCUT2D eigenvalue weighted by Crippen LogP contribution is -2.33. The molecule has 7 nitrogen and oxygen atoms in total. The van der Waals surface area contributed by atoms with Crippen molar-refractivity contribution in [3.63, 3.8) is 0 Å². The zero-order valence-corrected chi connectivity index (χ0v) is 14.8. The number of amides is 1. The molecule has 27 heavy (non-hydrogen) atoms. The largest absolute Gasteiger partial charge is 0.493 e. The van der Waals surface area contributed by atoms with Crippen molar-refractivity contribution in [1.29, 1.82) is 5.26 Å². The normalized spacial score (nSPS) is 10.2. The third-order valence-corrected chi connectivity index (χ3v) is 3.85. The first-order chi connectivity index (χ1) is 13.2. The first-order valence-electron chi connectivity index (χ1n) is 8.23. The molecule has 0 saturated heterocycles. The van der Waals surface area contributed by atoms with Gasteiger partial charge in [0.05, 0.1) is 44.4 Å². The lowest BCUT2D eigenvalue weighted by Gasteiger charge is -2.21. The summed E-state index contributed by atoms with van der Waals surface area (Å²) < 4.78 is 21.5. The Morgan fingerprint density at radius 3 is 2.26 bits per heavy atom. The second-order valence-electron chi connectivity index (χ2n) is 5.67. The van der Waals surface area contributed by atoms with Crippen molar-refractivity contribution < 1.29 is 23.1 Å². The molecule has 3 aromatic rings. The fraction of sp³-hybridized carbons (Fsp3) is 0.200. The van der Waals surface area contributed by atoms with Crippen LogP contribution < -0.4 is 9.47 Å². The van der Waals surface area contributed by atoms with Gasteiger partial charge < -0.3 is 23.2 Å². The van der Waals surface area contributed by atoms with E-state index in [0.29, 0.717) is 41.7 Å². The topological polar surface area (TPSA) is 88.8 Å². The zero-order chi connectivity index (χ0) is 19.1. The maximum absolute atomic E-state index is 12.7. The SMILES string of the molecule is COc1cc(C#N)ccc1OCC(=O)N(Cc1ccco1)Cc1ccco1. The molecular weight excluding hydrogens is 348 g/mol. The van der Waals surface area contributed by atoms with Crippen LogP contribution in [-0.4, -0.2) is 24.5 Å². The standard InChI is InChI=1S/C20H18N2O5/c1-24-19-10-15(11-21)6-7-18(19)27-14-20(23)22(12-16-4-2-8-25-16)13-17-5-3-9-26-17/h2-10H,12-14H2,1H3. The van der Waals surface area contributed by atoms with Crippen LogP contribution in [-0.2, 0) is 17.9 Å². The van der Waals surface area contributed by atoms with Crippen molar-refractivity contribution in [1.82, 2.24) is 4.90 Å². The molecule has 138 valence electrons. The van der Waals surface area contributed by atoms with Crippen molar-refractivity contribution in [3.05, 3.63) is 72.1 Å². The maximum atomic E-state index is 12.7. The second-order valence-corrected chi connectivity index (χ2v) is 5.67. The molecule has 0 saturated carbocycles. The molecular formula is C20H18N2O5. The molecule has 0 aliphatic heterocycles. The van der Waals surface area contributed by atoms with Crippen molar-refractivity contribution >= 4 is 5.91 Å². The first-order valence-corrected chi connectivity index (χ1v) is 8.23. The van der Waals surface area contributed by atoms with E-state index in [1.807, 2.05) is 6.07 Å². The summed E-state index contributed by atoms with van der Waals surface area (Å²) in [5.74, 6) is 1.86. The summed E-state index contributed by atoms with van der Waals surface area (Å²) in [4.78, 5) is 14.3. The van der Waals surface area contributed by atoms with Gasteiger partial charge in [-0.05, 0) is 36.4 Å². The highest BCUT2D eigenvalue weighted by atomic mass is 16.5. The summed E-state index contributed by atoms with van der Waals surface area (Å²) in [7, 11) is 1.48. The zero-order valence-electron chi connectivity index (χ0n) is 14.8. The van der Waals surface area contributed by atoms with Crippen molar-refractivity contribution in [2.75, 3.05) is 13.7 Å². The van der Waals surface area contributed by atoms with Crippen LogP contribution in [0.4, 0.5) is 0 Å². The van der Waals surface area contributed by atoms with E-state index >= 15 is 0 Å². The van der Waals surface area contributed by atoms with Gasteiger partial charge in [-0.25, -0.2) is 0 Å². The van der Waals surface area contributed by atoms with Crippen molar-refractivity contribution in [3.8, 4) is 17.6 Å². The summed E-state index contributed by atoms with van der Waals surface area (Å²) in [5, 5.41) is 8.96. The fourth-order valence-electron chi connectivity index (χ4n) is 2.50. The summed E-state index contributed by atoms with van der Waals surface area (Å²) >= 11 is 0. The van der Waals surface area contributed by atoms with Crippen LogP contribution in [0.1, 0.15) is 17.1 Å². The third-order valence-electron chi connectivity index (χ3n) is 3.85. The average molecular weight is 366 g/mol. The van der Waals surface area contributed by atoms with Gasteiger partial charge in [0.25, 0.3) is 5.91 Å². The van der Waals surface area contributed by atoms with E-state index in [9.17, 15) is 4.79 Å². The van der Waals surface area contributed by atoms with Crippen LogP contribution in [0.2, 0.25) is 0 Å². The highest BCUT2D eigenvalue weighted by molar-refractivity contribution is 5.77. The van der Waals surface area contributed by atoms with Gasteiger partial charge in [-0.1, -0.05) is 0 Å². The molecule has 0 radical (unpaired) electrons. The van der Waals surface area contributed by atoms with Gasteiger partial charge in [0.1, 0.15) is 11.5 Å². The maximum Gasteiger partial charge on any atom is 0.261 e. The molecule has 1 amide bonds. The number of rotatable bonds is 8. The minimum absolute atomic E-state index is 0.191. The van der Waals surface area contributed by atoms with Crippen molar-refractivity contribution in [2.45, 2.75) is 13.1 Å². The molecule has 0 bridgehead atoms. The van der Waals surface area contributed by atoms with Gasteiger partial charge in [0, 0.05) is 6.07 Å². The van der Waals surface area contributed by atoms with Crippen LogP contribution in [0.3, 0.4) is 0 Å². The summed E-state index contributed by atoms with van der Waals surface area (Å²) in [6, 6.07) is 13.9. The van der Waals surface area contributed by atoms with E-state index in [0.717, 1.165) is 0 Å². The highest BCUT2D eigenvalue weighted by Crippen LogP contribution is 2.28. The number of nitriles is 1. The minimum atomic E-state index is -0.241. The van der Waals surface area contributed by atoms with Crippen molar-refractivity contribution in [2.24, 2.45) is 0 Å². The van der Waals surface area contributed by atoms with Gasteiger partial charge in [-0.2, -0.15) is 5.26 Å². The van der Waals surface area contributed by atoms with E-state index < -0.39 is 0 Å². The molecule has 0 aliphatic rings. The number of nitrogens with zero attached hydrogens (tertiary/aromatic N) is 2. The molecule has 3 rings (SSSR count). The fourth-order valence-corrected chi connectivity index (χ4v) is 2.50. The quantitative estimate of drug-likeness (QED) is 0.607. The molecule has 0 unspecified atom stereocenters. The highest BCUT2D eigenvalue weighted by Gasteiger charge is 2.18.